The minimum Gasteiger partial charge on any atom is -0.380 e. The van der Waals surface area contributed by atoms with E-state index < -0.39 is 5.82 Å². The van der Waals surface area contributed by atoms with E-state index in [0.717, 1.165) is 6.42 Å². The molecule has 0 aliphatic carbocycles. The molecule has 0 spiro atoms. The number of carbonyl (C=O) groups is 1. The Morgan fingerprint density at radius 3 is 2.84 bits per heavy atom. The first-order chi connectivity index (χ1) is 9.02. The predicted molar refractivity (Wildman–Crippen MR) is 76.7 cm³/mol. The van der Waals surface area contributed by atoms with Crippen LogP contribution in [0.15, 0.2) is 22.7 Å². The van der Waals surface area contributed by atoms with Crippen LogP contribution in [0.5, 0.6) is 0 Å². The lowest BCUT2D eigenvalue weighted by atomic mass is 10.1. The zero-order valence-electron chi connectivity index (χ0n) is 11.2. The molecule has 3 nitrogen and oxygen atoms in total. The van der Waals surface area contributed by atoms with Crippen molar-refractivity contribution < 1.29 is 13.9 Å². The van der Waals surface area contributed by atoms with Gasteiger partial charge in [0, 0.05) is 13.2 Å². The van der Waals surface area contributed by atoms with Crippen LogP contribution in [-0.2, 0) is 4.74 Å². The lowest BCUT2D eigenvalue weighted by Gasteiger charge is -2.09. The lowest BCUT2D eigenvalue weighted by molar-refractivity contribution is 0.0904. The van der Waals surface area contributed by atoms with Crippen LogP contribution in [0, 0.1) is 11.7 Å². The molecular weight excluding hydrogens is 313 g/mol. The van der Waals surface area contributed by atoms with E-state index in [2.05, 4.69) is 35.1 Å². The molecule has 0 aliphatic heterocycles. The summed E-state index contributed by atoms with van der Waals surface area (Å²) in [6.07, 6.45) is 1.00. The molecule has 19 heavy (non-hydrogen) atoms. The van der Waals surface area contributed by atoms with Gasteiger partial charge in [-0.05, 0) is 40.4 Å². The summed E-state index contributed by atoms with van der Waals surface area (Å²) in [5, 5.41) is 2.69. The van der Waals surface area contributed by atoms with Gasteiger partial charge < -0.3 is 10.1 Å². The van der Waals surface area contributed by atoms with Gasteiger partial charge in [0.25, 0.3) is 5.91 Å². The summed E-state index contributed by atoms with van der Waals surface area (Å²) in [5.41, 5.74) is 0.294. The van der Waals surface area contributed by atoms with Crippen molar-refractivity contribution in [2.24, 2.45) is 5.92 Å². The summed E-state index contributed by atoms with van der Waals surface area (Å²) in [6, 6.07) is 4.38. The molecule has 1 aromatic rings. The molecule has 0 heterocycles. The first-order valence-corrected chi connectivity index (χ1v) is 7.11. The van der Waals surface area contributed by atoms with Crippen LogP contribution in [0.2, 0.25) is 0 Å². The van der Waals surface area contributed by atoms with E-state index in [4.69, 9.17) is 4.74 Å². The smallest absolute Gasteiger partial charge is 0.252 e. The number of carbonyl (C=O) groups excluding carboxylic acids is 1. The Kier molecular flexibility index (Phi) is 7.02. The average Bonchev–Trinajstić information content (AvgIpc) is 2.36. The molecule has 1 amide bonds. The molecule has 1 N–H and O–H groups in total. The van der Waals surface area contributed by atoms with E-state index >= 15 is 0 Å². The summed E-state index contributed by atoms with van der Waals surface area (Å²) in [4.78, 5) is 11.8. The Morgan fingerprint density at radius 2 is 2.16 bits per heavy atom. The average molecular weight is 332 g/mol. The van der Waals surface area contributed by atoms with Gasteiger partial charge in [0.15, 0.2) is 0 Å². The molecule has 0 atom stereocenters. The number of halogens is 2. The second kappa shape index (κ2) is 8.27. The van der Waals surface area contributed by atoms with Crippen molar-refractivity contribution in [3.05, 3.63) is 34.1 Å². The number of amides is 1. The fourth-order valence-corrected chi connectivity index (χ4v) is 1.88. The zero-order valence-corrected chi connectivity index (χ0v) is 12.8. The van der Waals surface area contributed by atoms with Crippen LogP contribution < -0.4 is 5.32 Å². The van der Waals surface area contributed by atoms with Gasteiger partial charge in [-0.25, -0.2) is 4.39 Å². The quantitative estimate of drug-likeness (QED) is 0.778. The van der Waals surface area contributed by atoms with Crippen molar-refractivity contribution in [1.82, 2.24) is 5.32 Å². The molecule has 1 aromatic carbocycles. The SMILES string of the molecule is CC(C)CCOCCNC(=O)c1cccc(F)c1Br. The Morgan fingerprint density at radius 1 is 1.42 bits per heavy atom. The van der Waals surface area contributed by atoms with Gasteiger partial charge >= 0.3 is 0 Å². The van der Waals surface area contributed by atoms with Crippen LogP contribution in [-0.4, -0.2) is 25.7 Å². The largest absolute Gasteiger partial charge is 0.380 e. The first kappa shape index (κ1) is 16.1. The van der Waals surface area contributed by atoms with Gasteiger partial charge in [-0.1, -0.05) is 19.9 Å². The predicted octanol–water partition coefficient (Wildman–Crippen LogP) is 3.38. The highest BCUT2D eigenvalue weighted by atomic mass is 79.9. The zero-order chi connectivity index (χ0) is 14.3. The van der Waals surface area contributed by atoms with Crippen molar-refractivity contribution >= 4 is 21.8 Å². The van der Waals surface area contributed by atoms with Crippen molar-refractivity contribution in [3.63, 3.8) is 0 Å². The Hall–Kier alpha value is -0.940. The topological polar surface area (TPSA) is 38.3 Å². The van der Waals surface area contributed by atoms with E-state index in [0.29, 0.717) is 31.2 Å². The van der Waals surface area contributed by atoms with Crippen LogP contribution in [0.1, 0.15) is 30.6 Å². The van der Waals surface area contributed by atoms with Gasteiger partial charge in [0.1, 0.15) is 5.82 Å². The molecular formula is C14H19BrFNO2. The lowest BCUT2D eigenvalue weighted by Crippen LogP contribution is -2.27. The molecule has 1 rings (SSSR count). The Labute approximate surface area is 121 Å². The highest BCUT2D eigenvalue weighted by Gasteiger charge is 2.12. The summed E-state index contributed by atoms with van der Waals surface area (Å²) in [5.74, 6) is -0.141. The van der Waals surface area contributed by atoms with Crippen LogP contribution >= 0.6 is 15.9 Å². The monoisotopic (exact) mass is 331 g/mol. The molecule has 0 saturated heterocycles. The number of rotatable bonds is 7. The van der Waals surface area contributed by atoms with Crippen molar-refractivity contribution in [3.8, 4) is 0 Å². The van der Waals surface area contributed by atoms with Gasteiger partial charge in [-0.15, -0.1) is 0 Å². The van der Waals surface area contributed by atoms with Crippen molar-refractivity contribution in [2.75, 3.05) is 19.8 Å². The Bertz CT molecular complexity index is 424. The fraction of sp³-hybridized carbons (Fsp3) is 0.500. The number of hydrogen-bond acceptors (Lipinski definition) is 2. The van der Waals surface area contributed by atoms with E-state index in [-0.39, 0.29) is 10.4 Å². The van der Waals surface area contributed by atoms with Crippen LogP contribution in [0.4, 0.5) is 4.39 Å². The summed E-state index contributed by atoms with van der Waals surface area (Å²) in [6.45, 7) is 5.84. The highest BCUT2D eigenvalue weighted by Crippen LogP contribution is 2.19. The minimum absolute atomic E-state index is 0.188. The second-order valence-corrected chi connectivity index (χ2v) is 5.45. The normalized spacial score (nSPS) is 10.8. The summed E-state index contributed by atoms with van der Waals surface area (Å²) in [7, 11) is 0. The molecule has 106 valence electrons. The van der Waals surface area contributed by atoms with E-state index in [1.54, 1.807) is 6.07 Å². The third kappa shape index (κ3) is 5.70. The molecule has 0 radical (unpaired) electrons. The maximum Gasteiger partial charge on any atom is 0.252 e. The fourth-order valence-electron chi connectivity index (χ4n) is 1.43. The van der Waals surface area contributed by atoms with Crippen LogP contribution in [0.25, 0.3) is 0 Å². The molecule has 5 heteroatoms. The third-order valence-electron chi connectivity index (χ3n) is 2.57. The standard InChI is InChI=1S/C14H19BrFNO2/c1-10(2)6-8-19-9-7-17-14(18)11-4-3-5-12(16)13(11)15/h3-5,10H,6-9H2,1-2H3,(H,17,18). The van der Waals surface area contributed by atoms with Crippen molar-refractivity contribution in [2.45, 2.75) is 20.3 Å². The van der Waals surface area contributed by atoms with E-state index in [1.807, 2.05) is 0 Å². The summed E-state index contributed by atoms with van der Waals surface area (Å²) < 4.78 is 18.8. The number of ether oxygens (including phenoxy) is 1. The number of benzene rings is 1. The van der Waals surface area contributed by atoms with Gasteiger partial charge in [-0.2, -0.15) is 0 Å². The number of hydrogen-bond donors (Lipinski definition) is 1. The summed E-state index contributed by atoms with van der Waals surface area (Å²) >= 11 is 3.06. The molecule has 0 aliphatic rings. The molecule has 0 unspecified atom stereocenters. The van der Waals surface area contributed by atoms with Crippen LogP contribution in [0.3, 0.4) is 0 Å². The Balaban J connectivity index is 2.30. The van der Waals surface area contributed by atoms with Gasteiger partial charge in [-0.3, -0.25) is 4.79 Å². The highest BCUT2D eigenvalue weighted by molar-refractivity contribution is 9.10. The maximum absolute atomic E-state index is 13.3. The third-order valence-corrected chi connectivity index (χ3v) is 3.37. The minimum atomic E-state index is -0.444. The molecule has 0 bridgehead atoms. The molecule has 0 aromatic heterocycles. The van der Waals surface area contributed by atoms with E-state index in [9.17, 15) is 9.18 Å². The van der Waals surface area contributed by atoms with E-state index in [1.165, 1.54) is 12.1 Å². The second-order valence-electron chi connectivity index (χ2n) is 4.65. The first-order valence-electron chi connectivity index (χ1n) is 6.32. The van der Waals surface area contributed by atoms with Gasteiger partial charge in [0.05, 0.1) is 16.6 Å². The van der Waals surface area contributed by atoms with Crippen molar-refractivity contribution in [1.29, 1.82) is 0 Å². The van der Waals surface area contributed by atoms with Gasteiger partial charge in [0.2, 0.25) is 0 Å². The molecule has 0 fully saturated rings. The maximum atomic E-state index is 13.3. The number of nitrogens with one attached hydrogen (secondary N) is 1. The molecule has 0 saturated carbocycles.